The molecule has 0 amide bonds. The number of rotatable bonds is 3. The number of hydrogen-bond acceptors (Lipinski definition) is 3. The minimum absolute atomic E-state index is 0.813. The summed E-state index contributed by atoms with van der Waals surface area (Å²) < 4.78 is 19.8. The summed E-state index contributed by atoms with van der Waals surface area (Å²) in [5.74, 6) is 0.813. The molecule has 0 aliphatic rings. The van der Waals surface area contributed by atoms with Crippen molar-refractivity contribution in [1.29, 1.82) is 0 Å². The molecule has 3 heteroatoms. The Morgan fingerprint density at radius 3 is 1.55 bits per heavy atom. The van der Waals surface area contributed by atoms with E-state index in [1.165, 1.54) is 16.3 Å². The van der Waals surface area contributed by atoms with Gasteiger partial charge in [0.05, 0.1) is 5.39 Å². The molecule has 8 aromatic carbocycles. The molecule has 0 bridgehead atoms. The van der Waals surface area contributed by atoms with Gasteiger partial charge >= 0.3 is 0 Å². The van der Waals surface area contributed by atoms with Gasteiger partial charge in [-0.15, -0.1) is 0 Å². The summed E-state index contributed by atoms with van der Waals surface area (Å²) >= 11 is 0. The first-order valence-electron chi connectivity index (χ1n) is 16.6. The van der Waals surface area contributed by atoms with Crippen molar-refractivity contribution < 1.29 is 13.3 Å². The van der Waals surface area contributed by atoms with Gasteiger partial charge in [-0.1, -0.05) is 127 Å². The molecule has 0 unspecified atom stereocenters. The highest BCUT2D eigenvalue weighted by molar-refractivity contribution is 6.28. The number of para-hydroxylation sites is 2. The van der Waals surface area contributed by atoms with Gasteiger partial charge < -0.3 is 13.3 Å². The molecule has 0 radical (unpaired) electrons. The Hall–Kier alpha value is -6.58. The molecule has 228 valence electrons. The predicted molar refractivity (Wildman–Crippen MR) is 202 cm³/mol. The van der Waals surface area contributed by atoms with E-state index in [9.17, 15) is 0 Å². The molecule has 3 heterocycles. The second kappa shape index (κ2) is 9.96. The first kappa shape index (κ1) is 26.5. The van der Waals surface area contributed by atoms with E-state index in [1.807, 2.05) is 42.5 Å². The van der Waals surface area contributed by atoms with Crippen molar-refractivity contribution in [2.24, 2.45) is 0 Å². The van der Waals surface area contributed by atoms with Gasteiger partial charge in [-0.05, 0) is 63.0 Å². The van der Waals surface area contributed by atoms with Gasteiger partial charge in [0, 0.05) is 38.2 Å². The lowest BCUT2D eigenvalue weighted by Gasteiger charge is -2.18. The fourth-order valence-corrected chi connectivity index (χ4v) is 8.00. The molecule has 11 aromatic rings. The number of benzene rings is 8. The van der Waals surface area contributed by atoms with Gasteiger partial charge in [-0.25, -0.2) is 0 Å². The van der Waals surface area contributed by atoms with Crippen molar-refractivity contribution in [2.45, 2.75) is 0 Å². The van der Waals surface area contributed by atoms with Crippen LogP contribution in [-0.2, 0) is 0 Å². The van der Waals surface area contributed by atoms with Crippen LogP contribution in [0.4, 0.5) is 0 Å². The summed E-state index contributed by atoms with van der Waals surface area (Å²) in [7, 11) is 0. The van der Waals surface area contributed by atoms with E-state index in [4.69, 9.17) is 13.3 Å². The Labute approximate surface area is 280 Å². The Balaban J connectivity index is 1.31. The smallest absolute Gasteiger partial charge is 0.146 e. The molecule has 3 aromatic heterocycles. The number of fused-ring (bicyclic) bond motifs is 10. The van der Waals surface area contributed by atoms with Gasteiger partial charge in [0.1, 0.15) is 33.7 Å². The molecule has 49 heavy (non-hydrogen) atoms. The molecule has 0 N–H and O–H groups in total. The Kier molecular flexibility index (Phi) is 5.38. The van der Waals surface area contributed by atoms with Gasteiger partial charge in [0.2, 0.25) is 0 Å². The van der Waals surface area contributed by atoms with E-state index in [0.717, 1.165) is 93.6 Å². The molecule has 11 rings (SSSR count). The van der Waals surface area contributed by atoms with Crippen LogP contribution in [0.1, 0.15) is 0 Å². The van der Waals surface area contributed by atoms with Gasteiger partial charge in [-0.2, -0.15) is 0 Å². The highest BCUT2D eigenvalue weighted by Crippen LogP contribution is 2.50. The monoisotopic (exact) mass is 626 g/mol. The zero-order chi connectivity index (χ0) is 32.1. The SMILES string of the molecule is c1ccc(-c2cc3c(o2)c(-c2c4ccccc4c(-c4cccc5oc6ccccc6c45)c4ccccc24)cc2c4ccccc4oc32)cc1. The largest absolute Gasteiger partial charge is 0.456 e. The lowest BCUT2D eigenvalue weighted by molar-refractivity contribution is 0.632. The molecule has 0 saturated carbocycles. The van der Waals surface area contributed by atoms with E-state index >= 15 is 0 Å². The second-order valence-corrected chi connectivity index (χ2v) is 12.7. The Bertz CT molecular complexity index is 3040. The van der Waals surface area contributed by atoms with Crippen molar-refractivity contribution in [3.63, 3.8) is 0 Å². The zero-order valence-corrected chi connectivity index (χ0v) is 26.2. The maximum Gasteiger partial charge on any atom is 0.146 e. The van der Waals surface area contributed by atoms with Crippen LogP contribution in [0, 0.1) is 0 Å². The van der Waals surface area contributed by atoms with Gasteiger partial charge in [0.15, 0.2) is 0 Å². The maximum absolute atomic E-state index is 6.88. The molecule has 0 aliphatic carbocycles. The zero-order valence-electron chi connectivity index (χ0n) is 26.2. The average molecular weight is 627 g/mol. The summed E-state index contributed by atoms with van der Waals surface area (Å²) in [5, 5.41) is 10.1. The molecule has 0 saturated heterocycles. The number of furan rings is 3. The lowest BCUT2D eigenvalue weighted by Crippen LogP contribution is -1.91. The van der Waals surface area contributed by atoms with E-state index in [1.54, 1.807) is 0 Å². The van der Waals surface area contributed by atoms with Crippen molar-refractivity contribution in [1.82, 2.24) is 0 Å². The van der Waals surface area contributed by atoms with Crippen LogP contribution >= 0.6 is 0 Å². The van der Waals surface area contributed by atoms with E-state index in [-0.39, 0.29) is 0 Å². The Morgan fingerprint density at radius 2 is 0.857 bits per heavy atom. The summed E-state index contributed by atoms with van der Waals surface area (Å²) in [5.41, 5.74) is 9.88. The highest BCUT2D eigenvalue weighted by Gasteiger charge is 2.24. The van der Waals surface area contributed by atoms with Crippen LogP contribution in [0.3, 0.4) is 0 Å². The molecule has 0 fully saturated rings. The first-order chi connectivity index (χ1) is 24.3. The fourth-order valence-electron chi connectivity index (χ4n) is 8.00. The molecular formula is C46H26O3. The lowest BCUT2D eigenvalue weighted by atomic mass is 9.84. The van der Waals surface area contributed by atoms with Crippen LogP contribution in [0.25, 0.3) is 110 Å². The van der Waals surface area contributed by atoms with Crippen molar-refractivity contribution in [3.8, 4) is 33.6 Å². The predicted octanol–water partition coefficient (Wildman–Crippen LogP) is 13.5. The first-order valence-corrected chi connectivity index (χ1v) is 16.6. The normalized spacial score (nSPS) is 12.1. The fraction of sp³-hybridized carbons (Fsp3) is 0. The molecular weight excluding hydrogens is 601 g/mol. The molecule has 0 aliphatic heterocycles. The Morgan fingerprint density at radius 1 is 0.306 bits per heavy atom. The third kappa shape index (κ3) is 3.73. The van der Waals surface area contributed by atoms with E-state index in [2.05, 4.69) is 115 Å². The average Bonchev–Trinajstić information content (AvgIpc) is 3.88. The van der Waals surface area contributed by atoms with Crippen LogP contribution in [0.2, 0.25) is 0 Å². The molecule has 3 nitrogen and oxygen atoms in total. The standard InChI is InChI=1S/C46H26O3/c1-2-13-27(14-3-1)41-26-37-45-35(28-15-8-10-22-38(28)48-45)25-36(46(37)49-41)43-31-18-6-4-16-29(31)42(30-17-5-7-19-32(30)43)34-21-12-24-40-44(34)33-20-9-11-23-39(33)47-40/h1-26H. The third-order valence-corrected chi connectivity index (χ3v) is 10.1. The minimum atomic E-state index is 0.813. The van der Waals surface area contributed by atoms with Gasteiger partial charge in [-0.3, -0.25) is 0 Å². The van der Waals surface area contributed by atoms with Crippen LogP contribution in [0.15, 0.2) is 171 Å². The third-order valence-electron chi connectivity index (χ3n) is 10.1. The van der Waals surface area contributed by atoms with Crippen molar-refractivity contribution >= 4 is 76.4 Å². The van der Waals surface area contributed by atoms with Crippen LogP contribution in [-0.4, -0.2) is 0 Å². The summed E-state index contributed by atoms with van der Waals surface area (Å²) in [6.45, 7) is 0. The van der Waals surface area contributed by atoms with E-state index < -0.39 is 0 Å². The summed E-state index contributed by atoms with van der Waals surface area (Å²) in [4.78, 5) is 0. The van der Waals surface area contributed by atoms with Crippen LogP contribution in [0.5, 0.6) is 0 Å². The summed E-state index contributed by atoms with van der Waals surface area (Å²) in [6.07, 6.45) is 0. The maximum atomic E-state index is 6.88. The summed E-state index contributed by atoms with van der Waals surface area (Å²) in [6, 6.07) is 55.3. The van der Waals surface area contributed by atoms with Crippen molar-refractivity contribution in [2.75, 3.05) is 0 Å². The van der Waals surface area contributed by atoms with E-state index in [0.29, 0.717) is 0 Å². The minimum Gasteiger partial charge on any atom is -0.456 e. The van der Waals surface area contributed by atoms with Crippen molar-refractivity contribution in [3.05, 3.63) is 158 Å². The molecule has 0 atom stereocenters. The second-order valence-electron chi connectivity index (χ2n) is 12.7. The molecule has 0 spiro atoms. The van der Waals surface area contributed by atoms with Gasteiger partial charge in [0.25, 0.3) is 0 Å². The van der Waals surface area contributed by atoms with Crippen LogP contribution < -0.4 is 0 Å². The number of hydrogen-bond donors (Lipinski definition) is 0. The quantitative estimate of drug-likeness (QED) is 0.183. The highest BCUT2D eigenvalue weighted by atomic mass is 16.3. The topological polar surface area (TPSA) is 39.4 Å².